The van der Waals surface area contributed by atoms with E-state index in [2.05, 4.69) is 16.0 Å². The Balaban J connectivity index is 1.94. The van der Waals surface area contributed by atoms with Gasteiger partial charge in [-0.25, -0.2) is 4.79 Å². The Morgan fingerprint density at radius 1 is 0.614 bits per heavy atom. The molecule has 20 heteroatoms. The van der Waals surface area contributed by atoms with Crippen LogP contribution in [0.2, 0.25) is 0 Å². The summed E-state index contributed by atoms with van der Waals surface area (Å²) in [5.74, 6) is -3.89. The minimum atomic E-state index is -2.12. The largest absolute Gasteiger partial charge is 0.479 e. The molecule has 0 aromatic heterocycles. The number of carbonyl (C=O) groups is 4. The molecule has 3 fully saturated rings. The first-order valence-corrected chi connectivity index (χ1v) is 13.5. The fourth-order valence-corrected chi connectivity index (χ4v) is 5.24. The molecule has 0 radical (unpaired) electrons. The number of amides is 3. The van der Waals surface area contributed by atoms with Crippen LogP contribution >= 0.6 is 0 Å². The van der Waals surface area contributed by atoms with Gasteiger partial charge in [-0.3, -0.25) is 14.4 Å². The summed E-state index contributed by atoms with van der Waals surface area (Å²) in [6.45, 7) is 1.53. The summed E-state index contributed by atoms with van der Waals surface area (Å²) in [5, 5.41) is 89.5. The van der Waals surface area contributed by atoms with E-state index < -0.39 is 129 Å². The molecule has 0 bridgehead atoms. The van der Waals surface area contributed by atoms with Crippen molar-refractivity contribution in [1.29, 1.82) is 0 Å². The van der Waals surface area contributed by atoms with Crippen molar-refractivity contribution in [1.82, 2.24) is 16.0 Å². The predicted octanol–water partition coefficient (Wildman–Crippen LogP) is -7.05. The number of aliphatic hydroxyl groups excluding tert-OH is 7. The molecule has 0 spiro atoms. The maximum Gasteiger partial charge on any atom is 0.335 e. The topological polar surface area (TPSA) is 312 Å². The third-order valence-electron chi connectivity index (χ3n) is 7.27. The van der Waals surface area contributed by atoms with Crippen LogP contribution in [0.3, 0.4) is 0 Å². The highest BCUT2D eigenvalue weighted by atomic mass is 16.7. The average Bonchev–Trinajstić information content (AvgIpc) is 2.94. The molecule has 0 aromatic rings. The van der Waals surface area contributed by atoms with Crippen molar-refractivity contribution < 1.29 is 83.7 Å². The van der Waals surface area contributed by atoms with Gasteiger partial charge in [-0.2, -0.15) is 0 Å². The molecule has 3 amide bonds. The lowest BCUT2D eigenvalue weighted by Crippen LogP contribution is -2.71. The van der Waals surface area contributed by atoms with Crippen LogP contribution in [0.15, 0.2) is 0 Å². The van der Waals surface area contributed by atoms with Gasteiger partial charge < -0.3 is 80.5 Å². The predicted molar refractivity (Wildman–Crippen MR) is 137 cm³/mol. The molecule has 3 rings (SSSR count). The molecule has 3 saturated heterocycles. The third kappa shape index (κ3) is 7.97. The Labute approximate surface area is 249 Å². The molecule has 44 heavy (non-hydrogen) atoms. The van der Waals surface area contributed by atoms with Gasteiger partial charge in [-0.1, -0.05) is 0 Å². The highest BCUT2D eigenvalue weighted by Gasteiger charge is 2.56. The quantitative estimate of drug-likeness (QED) is 0.106. The zero-order valence-corrected chi connectivity index (χ0v) is 23.8. The Morgan fingerprint density at radius 3 is 1.57 bits per heavy atom. The average molecular weight is 642 g/mol. The highest BCUT2D eigenvalue weighted by molar-refractivity contribution is 5.75. The van der Waals surface area contributed by atoms with Crippen molar-refractivity contribution in [2.24, 2.45) is 0 Å². The van der Waals surface area contributed by atoms with Gasteiger partial charge in [-0.05, 0) is 0 Å². The van der Waals surface area contributed by atoms with Gasteiger partial charge in [-0.15, -0.1) is 0 Å². The lowest BCUT2D eigenvalue weighted by Gasteiger charge is -2.49. The van der Waals surface area contributed by atoms with Crippen LogP contribution in [-0.2, 0) is 42.9 Å². The molecule has 0 saturated carbocycles. The fraction of sp³-hybridized carbons (Fsp3) is 0.833. The molecule has 1 unspecified atom stereocenters. The molecule has 3 aliphatic heterocycles. The number of aliphatic hydroxyl groups is 7. The second-order valence-electron chi connectivity index (χ2n) is 10.6. The van der Waals surface area contributed by atoms with Crippen LogP contribution in [0, 0.1) is 0 Å². The number of rotatable bonds is 10. The minimum Gasteiger partial charge on any atom is -0.479 e. The van der Waals surface area contributed by atoms with Crippen LogP contribution in [-0.4, -0.2) is 170 Å². The lowest BCUT2D eigenvalue weighted by molar-refractivity contribution is -0.346. The van der Waals surface area contributed by atoms with Crippen LogP contribution in [0.1, 0.15) is 20.8 Å². The Hall–Kier alpha value is -2.60. The zero-order chi connectivity index (χ0) is 33.0. The second kappa shape index (κ2) is 15.1. The van der Waals surface area contributed by atoms with Crippen molar-refractivity contribution in [2.75, 3.05) is 13.2 Å². The Morgan fingerprint density at radius 2 is 1.07 bits per heavy atom. The Bertz CT molecular complexity index is 1040. The van der Waals surface area contributed by atoms with E-state index in [1.54, 1.807) is 0 Å². The normalized spacial score (nSPS) is 42.6. The van der Waals surface area contributed by atoms with E-state index in [1.165, 1.54) is 0 Å². The highest BCUT2D eigenvalue weighted by Crippen LogP contribution is 2.32. The molecule has 252 valence electrons. The summed E-state index contributed by atoms with van der Waals surface area (Å²) < 4.78 is 27.7. The van der Waals surface area contributed by atoms with E-state index in [0.717, 1.165) is 20.8 Å². The van der Waals surface area contributed by atoms with E-state index in [-0.39, 0.29) is 0 Å². The van der Waals surface area contributed by atoms with Gasteiger partial charge in [0.15, 0.2) is 25.0 Å². The van der Waals surface area contributed by atoms with Gasteiger partial charge in [0, 0.05) is 20.8 Å². The molecule has 15 atom stereocenters. The van der Waals surface area contributed by atoms with Crippen LogP contribution < -0.4 is 16.0 Å². The van der Waals surface area contributed by atoms with Gasteiger partial charge in [0.05, 0.1) is 13.2 Å². The van der Waals surface area contributed by atoms with E-state index in [4.69, 9.17) is 23.7 Å². The molecular weight excluding hydrogens is 602 g/mol. The summed E-state index contributed by atoms with van der Waals surface area (Å²) in [7, 11) is 0. The standard InChI is InChI=1S/C24H39N3O17/c1-6(30)25-11-16(35)18(10(5-29)40-22(11)39)42-24-13(27-8(3)32)17(36)19(20(44-24)21(37)38)43-23-12(26-7(2)31)15(34)14(33)9(4-28)41-23/h9-20,22-24,28-29,33-36,39H,4-5H2,1-3H3,(H,25,30)(H,26,31)(H,27,32)(H,37,38)/t9-,10-,11-,12-,13-,14-,15-,16-,17-,18-,19+,20+,22?,23+,24-/m1/s1. The van der Waals surface area contributed by atoms with E-state index in [9.17, 15) is 60.0 Å². The van der Waals surface area contributed by atoms with Crippen molar-refractivity contribution in [2.45, 2.75) is 113 Å². The first-order valence-electron chi connectivity index (χ1n) is 13.5. The summed E-state index contributed by atoms with van der Waals surface area (Å²) in [6.07, 6.45) is -21.3. The SMILES string of the molecule is CC(=O)N[C@H]1[C@H](O[C@H]2[C@H](O)[C@@H](NC(C)=O)C(O)O[C@@H]2CO)O[C@H](C(=O)O)[C@@H](O[C@@H]2O[C@H](CO)[C@@H](O)[C@H](O)[C@H]2NC(C)=O)[C@@H]1O. The molecule has 20 nitrogen and oxygen atoms in total. The van der Waals surface area contributed by atoms with E-state index in [0.29, 0.717) is 0 Å². The summed E-state index contributed by atoms with van der Waals surface area (Å²) in [6, 6.07) is -4.66. The zero-order valence-electron chi connectivity index (χ0n) is 23.8. The number of hydrogen-bond donors (Lipinski definition) is 11. The van der Waals surface area contributed by atoms with Crippen molar-refractivity contribution in [3.63, 3.8) is 0 Å². The first-order chi connectivity index (χ1) is 20.6. The molecule has 0 aromatic carbocycles. The van der Waals surface area contributed by atoms with Gasteiger partial charge >= 0.3 is 5.97 Å². The van der Waals surface area contributed by atoms with Gasteiger partial charge in [0.2, 0.25) is 17.7 Å². The van der Waals surface area contributed by atoms with Gasteiger partial charge in [0.25, 0.3) is 0 Å². The summed E-state index contributed by atoms with van der Waals surface area (Å²) >= 11 is 0. The minimum absolute atomic E-state index is 0.673. The molecule has 11 N–H and O–H groups in total. The smallest absolute Gasteiger partial charge is 0.335 e. The number of nitrogens with one attached hydrogen (secondary N) is 3. The van der Waals surface area contributed by atoms with Gasteiger partial charge in [0.1, 0.15) is 67.0 Å². The third-order valence-corrected chi connectivity index (χ3v) is 7.27. The number of carbonyl (C=O) groups excluding carboxylic acids is 3. The summed E-state index contributed by atoms with van der Waals surface area (Å²) in [4.78, 5) is 47.8. The number of carboxylic acid groups (broad SMARTS) is 1. The van der Waals surface area contributed by atoms with Crippen LogP contribution in [0.25, 0.3) is 0 Å². The Kier molecular flexibility index (Phi) is 12.3. The van der Waals surface area contributed by atoms with Crippen molar-refractivity contribution in [3.05, 3.63) is 0 Å². The number of aliphatic carboxylic acids is 1. The maximum atomic E-state index is 12.3. The number of hydrogen-bond acceptors (Lipinski definition) is 16. The van der Waals surface area contributed by atoms with Crippen LogP contribution in [0.5, 0.6) is 0 Å². The number of ether oxygens (including phenoxy) is 5. The van der Waals surface area contributed by atoms with E-state index >= 15 is 0 Å². The first kappa shape index (κ1) is 35.9. The number of carboxylic acids is 1. The molecule has 3 heterocycles. The lowest BCUT2D eigenvalue weighted by atomic mass is 9.93. The maximum absolute atomic E-state index is 12.3. The van der Waals surface area contributed by atoms with Crippen LogP contribution in [0.4, 0.5) is 0 Å². The van der Waals surface area contributed by atoms with E-state index in [1.807, 2.05) is 0 Å². The second-order valence-corrected chi connectivity index (χ2v) is 10.6. The molecular formula is C24H39N3O17. The fourth-order valence-electron chi connectivity index (χ4n) is 5.24. The molecule has 3 aliphatic rings. The van der Waals surface area contributed by atoms with Crippen molar-refractivity contribution in [3.8, 4) is 0 Å². The molecule has 0 aliphatic carbocycles. The van der Waals surface area contributed by atoms with Crippen molar-refractivity contribution >= 4 is 23.7 Å². The monoisotopic (exact) mass is 641 g/mol. The summed E-state index contributed by atoms with van der Waals surface area (Å²) in [5.41, 5.74) is 0.